The molecule has 0 saturated heterocycles. The van der Waals surface area contributed by atoms with Crippen LogP contribution < -0.4 is 0 Å². The monoisotopic (exact) mass is 409 g/mol. The van der Waals surface area contributed by atoms with Crippen molar-refractivity contribution in [1.29, 1.82) is 0 Å². The lowest BCUT2D eigenvalue weighted by Crippen LogP contribution is -2.07. The molecule has 0 aliphatic rings. The quantitative estimate of drug-likeness (QED) is 0.650. The number of aromatic carboxylic acids is 1. The van der Waals surface area contributed by atoms with Crippen molar-refractivity contribution in [3.63, 3.8) is 0 Å². The molecule has 1 N–H and O–H groups in total. The summed E-state index contributed by atoms with van der Waals surface area (Å²) in [4.78, 5) is 11.0. The Hall–Kier alpha value is -2.98. The fourth-order valence-electron chi connectivity index (χ4n) is 2.58. The molecule has 146 valence electrons. The predicted octanol–water partition coefficient (Wildman–Crippen LogP) is 3.64. The smallest absolute Gasteiger partial charge is 0.435 e. The Morgan fingerprint density at radius 2 is 1.71 bits per heavy atom. The molecule has 0 saturated carbocycles. The van der Waals surface area contributed by atoms with E-state index in [9.17, 15) is 26.7 Å². The van der Waals surface area contributed by atoms with Gasteiger partial charge in [0.05, 0.1) is 16.9 Å². The predicted molar refractivity (Wildman–Crippen MR) is 93.6 cm³/mol. The number of hydrogen-bond acceptors (Lipinski definition) is 4. The van der Waals surface area contributed by atoms with Gasteiger partial charge in [0.15, 0.2) is 5.69 Å². The maximum absolute atomic E-state index is 13.2. The van der Waals surface area contributed by atoms with E-state index in [1.54, 1.807) is 0 Å². The number of carbonyl (C=O) groups is 1. The molecule has 28 heavy (non-hydrogen) atoms. The summed E-state index contributed by atoms with van der Waals surface area (Å²) < 4.78 is 62.1. The molecule has 0 aliphatic carbocycles. The zero-order valence-electron chi connectivity index (χ0n) is 14.0. The summed E-state index contributed by atoms with van der Waals surface area (Å²) in [7, 11) is 0. The molecule has 0 bridgehead atoms. The van der Waals surface area contributed by atoms with Crippen molar-refractivity contribution in [2.75, 3.05) is 0 Å². The van der Waals surface area contributed by atoms with Gasteiger partial charge in [-0.25, -0.2) is 9.48 Å². The van der Waals surface area contributed by atoms with Gasteiger partial charge in [-0.05, 0) is 35.9 Å². The molecule has 1 atom stereocenters. The van der Waals surface area contributed by atoms with Gasteiger partial charge < -0.3 is 9.66 Å². The van der Waals surface area contributed by atoms with Gasteiger partial charge in [0.1, 0.15) is 0 Å². The van der Waals surface area contributed by atoms with Crippen molar-refractivity contribution in [3.05, 3.63) is 71.4 Å². The van der Waals surface area contributed by atoms with Gasteiger partial charge in [-0.15, -0.1) is 0 Å². The highest BCUT2D eigenvalue weighted by Crippen LogP contribution is 2.33. The molecular formula is C18H12F3N2O4S-. The number of nitrogens with zero attached hydrogens (tertiary/aromatic N) is 2. The summed E-state index contributed by atoms with van der Waals surface area (Å²) in [6.07, 6.45) is -4.67. The number of alkyl halides is 3. The lowest BCUT2D eigenvalue weighted by atomic mass is 10.1. The fraction of sp³-hybridized carbons (Fsp3) is 0.111. The Morgan fingerprint density at radius 3 is 2.21 bits per heavy atom. The van der Waals surface area contributed by atoms with Crippen LogP contribution in [0.3, 0.4) is 0 Å². The van der Waals surface area contributed by atoms with Crippen LogP contribution >= 0.6 is 0 Å². The molecule has 0 amide bonds. The first-order valence-electron chi connectivity index (χ1n) is 7.81. The second-order valence-electron chi connectivity index (χ2n) is 5.82. The highest BCUT2D eigenvalue weighted by atomic mass is 32.2. The second-order valence-corrected chi connectivity index (χ2v) is 6.72. The van der Waals surface area contributed by atoms with Crippen molar-refractivity contribution in [2.24, 2.45) is 0 Å². The van der Waals surface area contributed by atoms with E-state index in [1.807, 2.05) is 0 Å². The molecule has 2 aromatic carbocycles. The SMILES string of the molecule is O=C(O)c1ccc(-n2nc(C(F)(F)F)cc2-c2ccc(CS(=O)[O-])cc2)cc1. The molecule has 10 heteroatoms. The number of carboxylic acids is 1. The first-order chi connectivity index (χ1) is 13.1. The zero-order valence-corrected chi connectivity index (χ0v) is 14.8. The molecule has 3 rings (SSSR count). The summed E-state index contributed by atoms with van der Waals surface area (Å²) in [5.74, 6) is -1.36. The minimum Gasteiger partial charge on any atom is -0.772 e. The average molecular weight is 409 g/mol. The van der Waals surface area contributed by atoms with Crippen molar-refractivity contribution >= 4 is 17.0 Å². The molecule has 1 heterocycles. The van der Waals surface area contributed by atoms with Crippen LogP contribution in [0.1, 0.15) is 21.6 Å². The van der Waals surface area contributed by atoms with Crippen LogP contribution in [0, 0.1) is 0 Å². The van der Waals surface area contributed by atoms with Gasteiger partial charge in [-0.3, -0.25) is 4.21 Å². The van der Waals surface area contributed by atoms with Crippen LogP contribution in [-0.4, -0.2) is 29.6 Å². The molecule has 1 aromatic heterocycles. The van der Waals surface area contributed by atoms with Crippen LogP contribution in [-0.2, 0) is 23.0 Å². The van der Waals surface area contributed by atoms with Gasteiger partial charge in [0, 0.05) is 11.3 Å². The second kappa shape index (κ2) is 7.56. The number of benzene rings is 2. The minimum absolute atomic E-state index is 0.0107. The van der Waals surface area contributed by atoms with Gasteiger partial charge >= 0.3 is 12.1 Å². The standard InChI is InChI=1S/C18H13F3N2O4S/c19-18(20,21)16-9-15(12-3-1-11(2-4-12)10-28(26)27)23(22-16)14-7-5-13(6-8-14)17(24)25/h1-9H,10H2,(H,24,25)(H,26,27)/p-1. The Balaban J connectivity index is 2.08. The molecule has 0 fully saturated rings. The third-order valence-corrected chi connectivity index (χ3v) is 4.46. The first-order valence-corrected chi connectivity index (χ1v) is 9.06. The van der Waals surface area contributed by atoms with Gasteiger partial charge in [0.2, 0.25) is 0 Å². The minimum atomic E-state index is -4.67. The van der Waals surface area contributed by atoms with Crippen molar-refractivity contribution in [2.45, 2.75) is 11.9 Å². The largest absolute Gasteiger partial charge is 0.772 e. The molecular weight excluding hydrogens is 397 g/mol. The van der Waals surface area contributed by atoms with E-state index in [0.29, 0.717) is 11.1 Å². The number of hydrogen-bond donors (Lipinski definition) is 1. The van der Waals surface area contributed by atoms with E-state index in [0.717, 1.165) is 10.7 Å². The number of halogens is 3. The van der Waals surface area contributed by atoms with Crippen LogP contribution in [0.15, 0.2) is 54.6 Å². The van der Waals surface area contributed by atoms with E-state index in [2.05, 4.69) is 5.10 Å². The average Bonchev–Trinajstić information content (AvgIpc) is 3.07. The lowest BCUT2D eigenvalue weighted by molar-refractivity contribution is -0.141. The number of rotatable bonds is 5. The number of carboxylic acid groups (broad SMARTS) is 1. The molecule has 0 radical (unpaired) electrons. The van der Waals surface area contributed by atoms with Crippen molar-refractivity contribution < 1.29 is 31.8 Å². The Labute approximate surface area is 159 Å². The molecule has 6 nitrogen and oxygen atoms in total. The molecule has 1 unspecified atom stereocenters. The zero-order chi connectivity index (χ0) is 20.5. The van der Waals surface area contributed by atoms with Crippen LogP contribution in [0.5, 0.6) is 0 Å². The first kappa shape index (κ1) is 19.8. The van der Waals surface area contributed by atoms with Crippen molar-refractivity contribution in [3.8, 4) is 16.9 Å². The Bertz CT molecular complexity index is 1030. The summed E-state index contributed by atoms with van der Waals surface area (Å²) >= 11 is -2.28. The van der Waals surface area contributed by atoms with Crippen molar-refractivity contribution in [1.82, 2.24) is 9.78 Å². The summed E-state index contributed by atoms with van der Waals surface area (Å²) in [5.41, 5.74) is 0.152. The summed E-state index contributed by atoms with van der Waals surface area (Å²) in [5, 5.41) is 12.6. The maximum atomic E-state index is 13.2. The maximum Gasteiger partial charge on any atom is 0.435 e. The van der Waals surface area contributed by atoms with E-state index in [4.69, 9.17) is 5.11 Å². The lowest BCUT2D eigenvalue weighted by Gasteiger charge is -2.09. The van der Waals surface area contributed by atoms with E-state index >= 15 is 0 Å². The fourth-order valence-corrected chi connectivity index (χ4v) is 3.04. The third-order valence-electron chi connectivity index (χ3n) is 3.89. The highest BCUT2D eigenvalue weighted by molar-refractivity contribution is 7.78. The topological polar surface area (TPSA) is 95.2 Å². The van der Waals surface area contributed by atoms with Crippen LogP contribution in [0.2, 0.25) is 0 Å². The molecule has 0 aliphatic heterocycles. The Morgan fingerprint density at radius 1 is 1.11 bits per heavy atom. The van der Waals surface area contributed by atoms with Gasteiger partial charge in [-0.1, -0.05) is 35.3 Å². The van der Waals surface area contributed by atoms with E-state index in [1.165, 1.54) is 48.5 Å². The van der Waals surface area contributed by atoms with E-state index in [-0.39, 0.29) is 22.7 Å². The normalized spacial score (nSPS) is 12.7. The summed E-state index contributed by atoms with van der Waals surface area (Å²) in [6, 6.07) is 12.1. The third kappa shape index (κ3) is 4.29. The van der Waals surface area contributed by atoms with E-state index < -0.39 is 28.9 Å². The molecule has 0 spiro atoms. The highest BCUT2D eigenvalue weighted by Gasteiger charge is 2.35. The van der Waals surface area contributed by atoms with Gasteiger partial charge in [-0.2, -0.15) is 18.3 Å². The Kier molecular flexibility index (Phi) is 5.34. The van der Waals surface area contributed by atoms with Crippen LogP contribution in [0.25, 0.3) is 16.9 Å². The van der Waals surface area contributed by atoms with Gasteiger partial charge in [0.25, 0.3) is 0 Å². The number of aromatic nitrogens is 2. The molecule has 3 aromatic rings. The van der Waals surface area contributed by atoms with Crippen LogP contribution in [0.4, 0.5) is 13.2 Å². The summed E-state index contributed by atoms with van der Waals surface area (Å²) in [6.45, 7) is 0.